The van der Waals surface area contributed by atoms with Crippen LogP contribution in [0.2, 0.25) is 0 Å². The van der Waals surface area contributed by atoms with Crippen molar-refractivity contribution in [3.63, 3.8) is 0 Å². The maximum atomic E-state index is 12.4. The number of carbonyl (C=O) groups excluding carboxylic acids is 3. The van der Waals surface area contributed by atoms with Gasteiger partial charge in [0.15, 0.2) is 23.9 Å². The molecule has 0 aliphatic rings. The molecule has 7 heteroatoms. The minimum absolute atomic E-state index is 0.114. The largest absolute Gasteiger partial charge is 0.493 e. The van der Waals surface area contributed by atoms with Gasteiger partial charge in [-0.2, -0.15) is 0 Å². The number of rotatable bonds is 8. The van der Waals surface area contributed by atoms with Crippen LogP contribution in [-0.2, 0) is 14.3 Å². The molecule has 0 unspecified atom stereocenters. The van der Waals surface area contributed by atoms with Gasteiger partial charge < -0.3 is 19.1 Å². The fourth-order valence-electron chi connectivity index (χ4n) is 2.43. The molecule has 148 valence electrons. The fraction of sp³-hybridized carbons (Fsp3) is 0.286. The van der Waals surface area contributed by atoms with E-state index in [4.69, 9.17) is 14.2 Å². The van der Waals surface area contributed by atoms with Gasteiger partial charge in [0.2, 0.25) is 6.10 Å². The average Bonchev–Trinajstić information content (AvgIpc) is 2.70. The van der Waals surface area contributed by atoms with E-state index in [1.54, 1.807) is 50.5 Å². The Labute approximate surface area is 163 Å². The first-order chi connectivity index (χ1) is 13.3. The summed E-state index contributed by atoms with van der Waals surface area (Å²) in [5.74, 6) is -0.564. The summed E-state index contributed by atoms with van der Waals surface area (Å²) in [5, 5.41) is 0. The number of Topliss-reactive ketones (excluding diaryl/α,β-unsaturated/α-hetero) is 1. The van der Waals surface area contributed by atoms with Crippen LogP contribution in [0.5, 0.6) is 11.5 Å². The van der Waals surface area contributed by atoms with Crippen LogP contribution in [0, 0.1) is 0 Å². The summed E-state index contributed by atoms with van der Waals surface area (Å²) in [6.07, 6.45) is -1.06. The summed E-state index contributed by atoms with van der Waals surface area (Å²) >= 11 is 0. The Morgan fingerprint density at radius 3 is 2.25 bits per heavy atom. The number of nitrogens with zero attached hydrogens (tertiary/aromatic N) is 1. The highest BCUT2D eigenvalue weighted by atomic mass is 16.6. The molecular weight excluding hydrogens is 362 g/mol. The second-order valence-corrected chi connectivity index (χ2v) is 6.22. The Balaban J connectivity index is 2.09. The highest BCUT2D eigenvalue weighted by molar-refractivity contribution is 5.94. The zero-order valence-corrected chi connectivity index (χ0v) is 16.3. The molecule has 0 aliphatic heterocycles. The fourth-order valence-corrected chi connectivity index (χ4v) is 2.43. The van der Waals surface area contributed by atoms with E-state index in [-0.39, 0.29) is 11.7 Å². The number of carbonyl (C=O) groups is 3. The van der Waals surface area contributed by atoms with E-state index in [2.05, 4.69) is 0 Å². The number of benzene rings is 2. The lowest BCUT2D eigenvalue weighted by atomic mass is 10.1. The molecule has 28 heavy (non-hydrogen) atoms. The minimum Gasteiger partial charge on any atom is -0.493 e. The number of ether oxygens (including phenoxy) is 3. The van der Waals surface area contributed by atoms with Crippen LogP contribution in [0.3, 0.4) is 0 Å². The molecule has 0 aromatic heterocycles. The minimum atomic E-state index is -1.06. The van der Waals surface area contributed by atoms with Crippen molar-refractivity contribution >= 4 is 17.7 Å². The van der Waals surface area contributed by atoms with E-state index in [1.165, 1.54) is 25.0 Å². The van der Waals surface area contributed by atoms with Crippen molar-refractivity contribution in [3.8, 4) is 11.5 Å². The Morgan fingerprint density at radius 2 is 1.68 bits per heavy atom. The van der Waals surface area contributed by atoms with Gasteiger partial charge in [-0.3, -0.25) is 9.59 Å². The molecule has 1 atom stereocenters. The van der Waals surface area contributed by atoms with Gasteiger partial charge >= 0.3 is 5.97 Å². The molecule has 2 aromatic rings. The highest BCUT2D eigenvalue weighted by Gasteiger charge is 2.26. The van der Waals surface area contributed by atoms with Crippen molar-refractivity contribution in [1.29, 1.82) is 0 Å². The topological polar surface area (TPSA) is 82.1 Å². The molecule has 0 heterocycles. The number of ketones is 1. The standard InChI is InChI=1S/C21H23NO6/c1-14(23)16-10-11-17(18(12-16)26-4)27-13-19(24)28-20(21(25)22(2)3)15-8-6-5-7-9-15/h5-12,20H,13H2,1-4H3/t20-/m0/s1. The molecule has 0 saturated carbocycles. The number of hydrogen-bond acceptors (Lipinski definition) is 6. The average molecular weight is 385 g/mol. The molecule has 0 radical (unpaired) electrons. The van der Waals surface area contributed by atoms with Gasteiger partial charge in [-0.1, -0.05) is 30.3 Å². The van der Waals surface area contributed by atoms with Gasteiger partial charge in [0.1, 0.15) is 0 Å². The number of amides is 1. The third-order valence-electron chi connectivity index (χ3n) is 3.93. The predicted octanol–water partition coefficient (Wildman–Crippen LogP) is 2.65. The van der Waals surface area contributed by atoms with E-state index in [9.17, 15) is 14.4 Å². The van der Waals surface area contributed by atoms with Crippen LogP contribution in [0.15, 0.2) is 48.5 Å². The molecule has 0 fully saturated rings. The van der Waals surface area contributed by atoms with E-state index < -0.39 is 18.7 Å². The third-order valence-corrected chi connectivity index (χ3v) is 3.93. The van der Waals surface area contributed by atoms with Crippen molar-refractivity contribution < 1.29 is 28.6 Å². The first-order valence-electron chi connectivity index (χ1n) is 8.61. The van der Waals surface area contributed by atoms with E-state index in [0.717, 1.165) is 0 Å². The Morgan fingerprint density at radius 1 is 1.00 bits per heavy atom. The molecule has 0 bridgehead atoms. The second-order valence-electron chi connectivity index (χ2n) is 6.22. The van der Waals surface area contributed by atoms with Crippen molar-refractivity contribution in [2.45, 2.75) is 13.0 Å². The monoisotopic (exact) mass is 385 g/mol. The molecule has 0 spiro atoms. The maximum absolute atomic E-state index is 12.4. The lowest BCUT2D eigenvalue weighted by Crippen LogP contribution is -2.32. The van der Waals surface area contributed by atoms with E-state index in [0.29, 0.717) is 22.6 Å². The van der Waals surface area contributed by atoms with Gasteiger partial charge in [-0.05, 0) is 25.1 Å². The van der Waals surface area contributed by atoms with Gasteiger partial charge in [-0.25, -0.2) is 4.79 Å². The van der Waals surface area contributed by atoms with Crippen LogP contribution < -0.4 is 9.47 Å². The highest BCUT2D eigenvalue weighted by Crippen LogP contribution is 2.28. The first kappa shape index (κ1) is 21.0. The molecule has 2 rings (SSSR count). The number of likely N-dealkylation sites (N-methyl/N-ethyl adjacent to an activating group) is 1. The molecule has 7 nitrogen and oxygen atoms in total. The lowest BCUT2D eigenvalue weighted by molar-refractivity contribution is -0.161. The SMILES string of the molecule is COc1cc(C(C)=O)ccc1OCC(=O)O[C@H](C(=O)N(C)C)c1ccccc1. The molecule has 0 aliphatic carbocycles. The number of hydrogen-bond donors (Lipinski definition) is 0. The number of esters is 1. The van der Waals surface area contributed by atoms with Crippen LogP contribution >= 0.6 is 0 Å². The normalized spacial score (nSPS) is 11.3. The van der Waals surface area contributed by atoms with Crippen molar-refractivity contribution in [2.24, 2.45) is 0 Å². The quantitative estimate of drug-likeness (QED) is 0.513. The van der Waals surface area contributed by atoms with Gasteiger partial charge in [0.25, 0.3) is 5.91 Å². The van der Waals surface area contributed by atoms with Crippen LogP contribution in [0.4, 0.5) is 0 Å². The summed E-state index contributed by atoms with van der Waals surface area (Å²) in [6.45, 7) is 1.03. The Bertz CT molecular complexity index is 847. The smallest absolute Gasteiger partial charge is 0.345 e. The van der Waals surface area contributed by atoms with Gasteiger partial charge in [0, 0.05) is 25.2 Å². The van der Waals surface area contributed by atoms with Crippen molar-refractivity contribution in [2.75, 3.05) is 27.8 Å². The number of methoxy groups -OCH3 is 1. The Hall–Kier alpha value is -3.35. The molecule has 0 N–H and O–H groups in total. The van der Waals surface area contributed by atoms with Gasteiger partial charge in [-0.15, -0.1) is 0 Å². The second kappa shape index (κ2) is 9.55. The third kappa shape index (κ3) is 5.33. The van der Waals surface area contributed by atoms with E-state index in [1.807, 2.05) is 6.07 Å². The van der Waals surface area contributed by atoms with Crippen LogP contribution in [0.25, 0.3) is 0 Å². The van der Waals surface area contributed by atoms with Crippen molar-refractivity contribution in [1.82, 2.24) is 4.90 Å². The summed E-state index contributed by atoms with van der Waals surface area (Å²) in [6, 6.07) is 13.4. The zero-order chi connectivity index (χ0) is 20.7. The Kier molecular flexibility index (Phi) is 7.14. The summed E-state index contributed by atoms with van der Waals surface area (Å²) in [4.78, 5) is 37.5. The zero-order valence-electron chi connectivity index (χ0n) is 16.3. The summed E-state index contributed by atoms with van der Waals surface area (Å²) in [5.41, 5.74) is 1.03. The molecule has 2 aromatic carbocycles. The molecule has 0 saturated heterocycles. The first-order valence-corrected chi connectivity index (χ1v) is 8.61. The summed E-state index contributed by atoms with van der Waals surface area (Å²) in [7, 11) is 4.61. The van der Waals surface area contributed by atoms with Crippen molar-refractivity contribution in [3.05, 3.63) is 59.7 Å². The maximum Gasteiger partial charge on any atom is 0.345 e. The molecular formula is C21H23NO6. The lowest BCUT2D eigenvalue weighted by Gasteiger charge is -2.21. The van der Waals surface area contributed by atoms with Crippen LogP contribution in [0.1, 0.15) is 28.9 Å². The van der Waals surface area contributed by atoms with Gasteiger partial charge in [0.05, 0.1) is 7.11 Å². The van der Waals surface area contributed by atoms with Crippen LogP contribution in [-0.4, -0.2) is 50.4 Å². The molecule has 1 amide bonds. The predicted molar refractivity (Wildman–Crippen MR) is 102 cm³/mol. The summed E-state index contributed by atoms with van der Waals surface area (Å²) < 4.78 is 16.0. The van der Waals surface area contributed by atoms with E-state index >= 15 is 0 Å².